The second kappa shape index (κ2) is 14.0. The minimum absolute atomic E-state index is 0.197. The van der Waals surface area contributed by atoms with Gasteiger partial charge in [-0.05, 0) is 93.1 Å². The number of aromatic nitrogens is 6. The average Bonchev–Trinajstić information content (AvgIpc) is 3.90. The van der Waals surface area contributed by atoms with E-state index >= 15 is 0 Å². The van der Waals surface area contributed by atoms with Crippen molar-refractivity contribution in [3.63, 3.8) is 0 Å². The van der Waals surface area contributed by atoms with Gasteiger partial charge in [-0.1, -0.05) is 98.0 Å². The molecule has 3 aromatic heterocycles. The Balaban J connectivity index is 1.31. The summed E-state index contributed by atoms with van der Waals surface area (Å²) in [5.41, 5.74) is 10.8. The van der Waals surface area contributed by atoms with Gasteiger partial charge in [0, 0.05) is 34.6 Å². The highest BCUT2D eigenvalue weighted by Gasteiger charge is 2.26. The third kappa shape index (κ3) is 5.84. The van der Waals surface area contributed by atoms with Gasteiger partial charge in [0.1, 0.15) is 17.5 Å². The number of hydrogen-bond donors (Lipinski definition) is 0. The predicted molar refractivity (Wildman–Crippen MR) is 216 cm³/mol. The average molecular weight is 679 g/mol. The number of hydrogen-bond acceptors (Lipinski definition) is 3. The number of benzene rings is 3. The largest absolute Gasteiger partial charge is 0.320 e. The molecule has 0 amide bonds. The van der Waals surface area contributed by atoms with Crippen molar-refractivity contribution < 1.29 is 0 Å². The first-order valence-corrected chi connectivity index (χ1v) is 18.7. The minimum Gasteiger partial charge on any atom is -0.320 e. The number of rotatable bonds is 9. The molecule has 1 atom stereocenters. The third-order valence-corrected chi connectivity index (χ3v) is 10.2. The summed E-state index contributed by atoms with van der Waals surface area (Å²) in [6.07, 6.45) is 34.8. The molecule has 1 unspecified atom stereocenters. The van der Waals surface area contributed by atoms with Crippen molar-refractivity contribution >= 4 is 33.8 Å². The molecule has 6 nitrogen and oxygen atoms in total. The van der Waals surface area contributed by atoms with Gasteiger partial charge in [0.15, 0.2) is 0 Å². The lowest BCUT2D eigenvalue weighted by Gasteiger charge is -2.22. The molecule has 256 valence electrons. The van der Waals surface area contributed by atoms with Crippen molar-refractivity contribution in [2.45, 2.75) is 58.0 Å². The zero-order valence-corrected chi connectivity index (χ0v) is 29.6. The molecule has 0 bridgehead atoms. The molecule has 6 aromatic rings. The van der Waals surface area contributed by atoms with Crippen molar-refractivity contribution in [3.05, 3.63) is 151 Å². The maximum Gasteiger partial charge on any atom is 0.145 e. The van der Waals surface area contributed by atoms with Crippen LogP contribution in [-0.2, 0) is 13.0 Å². The van der Waals surface area contributed by atoms with Crippen LogP contribution in [-0.4, -0.2) is 28.7 Å². The summed E-state index contributed by atoms with van der Waals surface area (Å²) >= 11 is 0. The number of fused-ring (bicyclic) bond motifs is 3. The van der Waals surface area contributed by atoms with Gasteiger partial charge in [0.05, 0.1) is 33.8 Å². The normalized spacial score (nSPS) is 16.9. The lowest BCUT2D eigenvalue weighted by atomic mass is 10.0. The Morgan fingerprint density at radius 2 is 1.44 bits per heavy atom. The highest BCUT2D eigenvalue weighted by molar-refractivity contribution is 5.89. The molecule has 0 fully saturated rings. The Morgan fingerprint density at radius 3 is 2.23 bits per heavy atom. The van der Waals surface area contributed by atoms with Crippen LogP contribution in [0.2, 0.25) is 0 Å². The monoisotopic (exact) mass is 678 g/mol. The smallest absolute Gasteiger partial charge is 0.145 e. The Hall–Kier alpha value is -6.01. The van der Waals surface area contributed by atoms with E-state index in [1.165, 1.54) is 5.69 Å². The Morgan fingerprint density at radius 1 is 0.712 bits per heavy atom. The Kier molecular flexibility index (Phi) is 8.57. The minimum atomic E-state index is 0.197. The maximum absolute atomic E-state index is 5.39. The molecule has 0 saturated heterocycles. The zero-order valence-electron chi connectivity index (χ0n) is 29.6. The summed E-state index contributed by atoms with van der Waals surface area (Å²) in [6.45, 7) is 2.86. The molecule has 3 aromatic carbocycles. The fraction of sp³-hybridized carbons (Fsp3) is 0.196. The highest BCUT2D eigenvalue weighted by Crippen LogP contribution is 2.39. The van der Waals surface area contributed by atoms with Crippen LogP contribution in [0.5, 0.6) is 0 Å². The van der Waals surface area contributed by atoms with E-state index in [1.807, 2.05) is 0 Å². The molecule has 3 heterocycles. The summed E-state index contributed by atoms with van der Waals surface area (Å²) in [4.78, 5) is 16.0. The first kappa shape index (κ1) is 31.9. The van der Waals surface area contributed by atoms with E-state index in [0.717, 1.165) is 106 Å². The topological polar surface area (TPSA) is 53.5 Å². The number of imidazole rings is 3. The van der Waals surface area contributed by atoms with Crippen LogP contribution < -0.4 is 0 Å². The van der Waals surface area contributed by atoms with Crippen molar-refractivity contribution in [3.8, 4) is 34.2 Å². The van der Waals surface area contributed by atoms with Crippen molar-refractivity contribution in [2.24, 2.45) is 0 Å². The van der Waals surface area contributed by atoms with Crippen molar-refractivity contribution in [1.82, 2.24) is 28.7 Å². The second-order valence-corrected chi connectivity index (χ2v) is 13.7. The molecule has 0 saturated carbocycles. The summed E-state index contributed by atoms with van der Waals surface area (Å²) in [5, 5.41) is 0. The van der Waals surface area contributed by atoms with E-state index < -0.39 is 0 Å². The molecular weight excluding hydrogens is 637 g/mol. The molecule has 0 radical (unpaired) electrons. The first-order chi connectivity index (χ1) is 25.8. The summed E-state index contributed by atoms with van der Waals surface area (Å²) in [6, 6.07) is 24.0. The maximum atomic E-state index is 5.39. The van der Waals surface area contributed by atoms with E-state index in [1.54, 1.807) is 0 Å². The molecule has 9 rings (SSSR count). The number of nitrogens with zero attached hydrogens (tertiary/aromatic N) is 6. The van der Waals surface area contributed by atoms with Gasteiger partial charge in [-0.15, -0.1) is 0 Å². The predicted octanol–water partition coefficient (Wildman–Crippen LogP) is 11.3. The summed E-state index contributed by atoms with van der Waals surface area (Å²) in [5.74, 6) is 2.82. The molecule has 3 aliphatic carbocycles. The molecule has 0 aliphatic heterocycles. The van der Waals surface area contributed by atoms with Crippen molar-refractivity contribution in [2.75, 3.05) is 0 Å². The van der Waals surface area contributed by atoms with Crippen LogP contribution >= 0.6 is 0 Å². The van der Waals surface area contributed by atoms with Crippen LogP contribution in [0.3, 0.4) is 0 Å². The number of allylic oxidation sites excluding steroid dienone is 13. The van der Waals surface area contributed by atoms with Gasteiger partial charge in [-0.3, -0.25) is 4.57 Å². The van der Waals surface area contributed by atoms with Crippen LogP contribution in [0.4, 0.5) is 0 Å². The lowest BCUT2D eigenvalue weighted by Crippen LogP contribution is -2.13. The molecule has 0 spiro atoms. The van der Waals surface area contributed by atoms with E-state index in [9.17, 15) is 0 Å². The number of para-hydroxylation sites is 4. The Bertz CT molecular complexity index is 2520. The summed E-state index contributed by atoms with van der Waals surface area (Å²) < 4.78 is 7.15. The lowest BCUT2D eigenvalue weighted by molar-refractivity contribution is 0.585. The standard InChI is InChI=1S/C46H42N6/c1-2-3-4-5-18-29-50-41-26-15-12-23-38(41)47-44(50)33-30-34(45-48-39-24-13-16-27-42(39)51(45)36-19-8-6-9-20-36)32-35(31-33)46-49-40-25-14-17-28-43(40)52(46)37-21-10-7-11-22-37/h3-6,8-10,12-15,17-19,21-26,28,30-32,36H,2,7,11,16,20,27,29H2,1H3/b4-3-,18-5-. The third-order valence-electron chi connectivity index (χ3n) is 10.2. The van der Waals surface area contributed by atoms with E-state index in [-0.39, 0.29) is 6.04 Å². The van der Waals surface area contributed by atoms with E-state index in [2.05, 4.69) is 166 Å². The van der Waals surface area contributed by atoms with Gasteiger partial charge >= 0.3 is 0 Å². The quantitative estimate of drug-likeness (QED) is 0.143. The molecule has 52 heavy (non-hydrogen) atoms. The van der Waals surface area contributed by atoms with Gasteiger partial charge in [-0.25, -0.2) is 15.0 Å². The van der Waals surface area contributed by atoms with Crippen LogP contribution in [0, 0.1) is 0 Å². The molecule has 0 N–H and O–H groups in total. The van der Waals surface area contributed by atoms with E-state index in [4.69, 9.17) is 15.0 Å². The van der Waals surface area contributed by atoms with Gasteiger partial charge in [0.25, 0.3) is 0 Å². The van der Waals surface area contributed by atoms with Crippen LogP contribution in [0.15, 0.2) is 140 Å². The van der Waals surface area contributed by atoms with Gasteiger partial charge in [-0.2, -0.15) is 0 Å². The van der Waals surface area contributed by atoms with Crippen LogP contribution in [0.1, 0.15) is 56.5 Å². The SMILES string of the molecule is CC/C=C\C=C/Cn1c(-c2cc(-c3nc4c(n3C3C=CC=CC3)CCC=C4)cc(-c3nc4ccccc4n3C3=CCCC=C3)c2)nc2ccccc21. The fourth-order valence-electron chi connectivity index (χ4n) is 7.80. The van der Waals surface area contributed by atoms with Gasteiger partial charge < -0.3 is 9.13 Å². The van der Waals surface area contributed by atoms with Crippen molar-refractivity contribution in [1.29, 1.82) is 0 Å². The van der Waals surface area contributed by atoms with Crippen LogP contribution in [0.25, 0.3) is 68.0 Å². The van der Waals surface area contributed by atoms with Gasteiger partial charge in [0.2, 0.25) is 0 Å². The fourth-order valence-corrected chi connectivity index (χ4v) is 7.80. The molecule has 6 heteroatoms. The molecule has 3 aliphatic rings. The first-order valence-electron chi connectivity index (χ1n) is 18.7. The molecular formula is C46H42N6. The summed E-state index contributed by atoms with van der Waals surface area (Å²) in [7, 11) is 0. The van der Waals surface area contributed by atoms with E-state index in [0.29, 0.717) is 6.54 Å². The Labute approximate surface area is 304 Å². The second-order valence-electron chi connectivity index (χ2n) is 13.7. The zero-order chi connectivity index (χ0) is 34.9. The highest BCUT2D eigenvalue weighted by atomic mass is 15.1.